The maximum Gasteiger partial charge on any atom is 0.303 e. The van der Waals surface area contributed by atoms with Gasteiger partial charge in [0.25, 0.3) is 0 Å². The van der Waals surface area contributed by atoms with Crippen LogP contribution in [0, 0.1) is 5.92 Å². The predicted molar refractivity (Wildman–Crippen MR) is 65.7 cm³/mol. The Labute approximate surface area is 103 Å². The molecule has 1 saturated carbocycles. The Morgan fingerprint density at radius 3 is 2.29 bits per heavy atom. The number of hydrogen-bond donors (Lipinski definition) is 2. The lowest BCUT2D eigenvalue weighted by Gasteiger charge is -2.17. The zero-order valence-electron chi connectivity index (χ0n) is 10.6. The topological polar surface area (TPSA) is 66.4 Å². The molecule has 0 aromatic heterocycles. The lowest BCUT2D eigenvalue weighted by Crippen LogP contribution is -2.35. The van der Waals surface area contributed by atoms with Crippen LogP contribution in [-0.4, -0.2) is 23.0 Å². The van der Waals surface area contributed by atoms with Crippen LogP contribution in [0.25, 0.3) is 0 Å². The molecule has 1 amide bonds. The number of aliphatic carboxylic acids is 1. The minimum Gasteiger partial charge on any atom is -0.481 e. The van der Waals surface area contributed by atoms with E-state index in [1.54, 1.807) is 6.92 Å². The number of carbonyl (C=O) groups excluding carboxylic acids is 1. The smallest absolute Gasteiger partial charge is 0.303 e. The number of rotatable bonds is 5. The second-order valence-electron chi connectivity index (χ2n) is 5.16. The Bertz CT molecular complexity index is 257. The number of hydrogen-bond acceptors (Lipinski definition) is 2. The highest BCUT2D eigenvalue weighted by Gasteiger charge is 2.17. The quantitative estimate of drug-likeness (QED) is 0.726. The van der Waals surface area contributed by atoms with Crippen molar-refractivity contribution in [3.05, 3.63) is 0 Å². The molecule has 4 nitrogen and oxygen atoms in total. The molecule has 0 heterocycles. The van der Waals surface area contributed by atoms with Crippen LogP contribution in [0.5, 0.6) is 0 Å². The third-order valence-electron chi connectivity index (χ3n) is 3.28. The van der Waals surface area contributed by atoms with Crippen LogP contribution in [0.1, 0.15) is 58.3 Å². The van der Waals surface area contributed by atoms with Gasteiger partial charge in [0.15, 0.2) is 0 Å². The summed E-state index contributed by atoms with van der Waals surface area (Å²) in [5.41, 5.74) is 0. The SMILES string of the molecule is CC(CC(=O)O)CC(=O)NC1CCCCCC1. The van der Waals surface area contributed by atoms with Gasteiger partial charge in [0.05, 0.1) is 0 Å². The molecule has 0 spiro atoms. The molecule has 98 valence electrons. The van der Waals surface area contributed by atoms with Crippen molar-refractivity contribution in [1.82, 2.24) is 5.32 Å². The summed E-state index contributed by atoms with van der Waals surface area (Å²) in [5.74, 6) is -0.913. The van der Waals surface area contributed by atoms with Crippen molar-refractivity contribution >= 4 is 11.9 Å². The van der Waals surface area contributed by atoms with E-state index < -0.39 is 5.97 Å². The van der Waals surface area contributed by atoms with E-state index in [0.29, 0.717) is 12.5 Å². The van der Waals surface area contributed by atoms with E-state index in [-0.39, 0.29) is 18.2 Å². The number of carboxylic acids is 1. The molecule has 0 aromatic rings. The van der Waals surface area contributed by atoms with Crippen LogP contribution >= 0.6 is 0 Å². The van der Waals surface area contributed by atoms with E-state index in [0.717, 1.165) is 12.8 Å². The first-order valence-corrected chi connectivity index (χ1v) is 6.59. The van der Waals surface area contributed by atoms with Gasteiger partial charge in [0, 0.05) is 18.9 Å². The summed E-state index contributed by atoms with van der Waals surface area (Å²) in [6, 6.07) is 0.307. The minimum absolute atomic E-state index is 0.00523. The third-order valence-corrected chi connectivity index (χ3v) is 3.28. The predicted octanol–water partition coefficient (Wildman–Crippen LogP) is 2.33. The van der Waals surface area contributed by atoms with E-state index in [1.165, 1.54) is 25.7 Å². The van der Waals surface area contributed by atoms with E-state index >= 15 is 0 Å². The van der Waals surface area contributed by atoms with Gasteiger partial charge < -0.3 is 10.4 Å². The van der Waals surface area contributed by atoms with Crippen LogP contribution in [0.15, 0.2) is 0 Å². The maximum atomic E-state index is 11.7. The van der Waals surface area contributed by atoms with Gasteiger partial charge in [-0.15, -0.1) is 0 Å². The zero-order valence-corrected chi connectivity index (χ0v) is 10.6. The second-order valence-corrected chi connectivity index (χ2v) is 5.16. The molecular formula is C13H23NO3. The largest absolute Gasteiger partial charge is 0.481 e. The van der Waals surface area contributed by atoms with Crippen molar-refractivity contribution in [1.29, 1.82) is 0 Å². The van der Waals surface area contributed by atoms with Gasteiger partial charge in [0.2, 0.25) is 5.91 Å². The Hall–Kier alpha value is -1.06. The molecule has 0 radical (unpaired) electrons. The van der Waals surface area contributed by atoms with E-state index in [4.69, 9.17) is 5.11 Å². The Balaban J connectivity index is 2.25. The Morgan fingerprint density at radius 1 is 1.18 bits per heavy atom. The van der Waals surface area contributed by atoms with Crippen LogP contribution in [0.2, 0.25) is 0 Å². The van der Waals surface area contributed by atoms with Crippen molar-refractivity contribution in [2.45, 2.75) is 64.3 Å². The molecule has 2 N–H and O–H groups in total. The first kappa shape index (κ1) is 14.0. The summed E-state index contributed by atoms with van der Waals surface area (Å²) in [7, 11) is 0. The summed E-state index contributed by atoms with van der Waals surface area (Å²) >= 11 is 0. The van der Waals surface area contributed by atoms with Crippen LogP contribution in [0.4, 0.5) is 0 Å². The van der Waals surface area contributed by atoms with Crippen LogP contribution in [-0.2, 0) is 9.59 Å². The average Bonchev–Trinajstić information content (AvgIpc) is 2.44. The molecule has 0 saturated heterocycles. The molecule has 1 aliphatic rings. The summed E-state index contributed by atoms with van der Waals surface area (Å²) in [6.07, 6.45) is 7.44. The fraction of sp³-hybridized carbons (Fsp3) is 0.846. The average molecular weight is 241 g/mol. The van der Waals surface area contributed by atoms with Crippen molar-refractivity contribution in [3.8, 4) is 0 Å². The van der Waals surface area contributed by atoms with E-state index in [9.17, 15) is 9.59 Å². The summed E-state index contributed by atoms with van der Waals surface area (Å²) < 4.78 is 0. The van der Waals surface area contributed by atoms with E-state index in [1.807, 2.05) is 0 Å². The molecule has 1 unspecified atom stereocenters. The first-order valence-electron chi connectivity index (χ1n) is 6.59. The van der Waals surface area contributed by atoms with Gasteiger partial charge in [0.1, 0.15) is 0 Å². The molecule has 1 aliphatic carbocycles. The highest BCUT2D eigenvalue weighted by molar-refractivity contribution is 5.77. The highest BCUT2D eigenvalue weighted by Crippen LogP contribution is 2.17. The zero-order chi connectivity index (χ0) is 12.7. The summed E-state index contributed by atoms with van der Waals surface area (Å²) in [6.45, 7) is 1.81. The Kier molecular flexibility index (Phi) is 6.01. The normalized spacial score (nSPS) is 19.4. The van der Waals surface area contributed by atoms with Gasteiger partial charge in [-0.05, 0) is 18.8 Å². The standard InChI is InChI=1S/C13H23NO3/c1-10(9-13(16)17)8-12(15)14-11-6-4-2-3-5-7-11/h10-11H,2-9H2,1H3,(H,14,15)(H,16,17). The lowest BCUT2D eigenvalue weighted by molar-refractivity contribution is -0.138. The van der Waals surface area contributed by atoms with Gasteiger partial charge >= 0.3 is 5.97 Å². The number of carboxylic acid groups (broad SMARTS) is 1. The molecule has 1 fully saturated rings. The fourth-order valence-corrected chi connectivity index (χ4v) is 2.40. The number of amides is 1. The Morgan fingerprint density at radius 2 is 1.76 bits per heavy atom. The van der Waals surface area contributed by atoms with Crippen LogP contribution < -0.4 is 5.32 Å². The second kappa shape index (κ2) is 7.30. The molecule has 4 heteroatoms. The van der Waals surface area contributed by atoms with Gasteiger partial charge in [-0.2, -0.15) is 0 Å². The van der Waals surface area contributed by atoms with Crippen molar-refractivity contribution < 1.29 is 14.7 Å². The minimum atomic E-state index is -0.834. The van der Waals surface area contributed by atoms with Crippen molar-refractivity contribution in [3.63, 3.8) is 0 Å². The van der Waals surface area contributed by atoms with Crippen molar-refractivity contribution in [2.24, 2.45) is 5.92 Å². The van der Waals surface area contributed by atoms with Crippen LogP contribution in [0.3, 0.4) is 0 Å². The molecule has 0 aliphatic heterocycles. The summed E-state index contributed by atoms with van der Waals surface area (Å²) in [4.78, 5) is 22.2. The maximum absolute atomic E-state index is 11.7. The van der Waals surface area contributed by atoms with Gasteiger partial charge in [-0.25, -0.2) is 0 Å². The van der Waals surface area contributed by atoms with Crippen molar-refractivity contribution in [2.75, 3.05) is 0 Å². The molecule has 1 rings (SSSR count). The number of carbonyl (C=O) groups is 2. The molecule has 0 aromatic carbocycles. The molecule has 17 heavy (non-hydrogen) atoms. The first-order chi connectivity index (χ1) is 8.08. The molecular weight excluding hydrogens is 218 g/mol. The van der Waals surface area contributed by atoms with E-state index in [2.05, 4.69) is 5.32 Å². The lowest BCUT2D eigenvalue weighted by atomic mass is 10.0. The molecule has 1 atom stereocenters. The monoisotopic (exact) mass is 241 g/mol. The van der Waals surface area contributed by atoms with Gasteiger partial charge in [-0.3, -0.25) is 9.59 Å². The summed E-state index contributed by atoms with van der Waals surface area (Å²) in [5, 5.41) is 11.7. The van der Waals surface area contributed by atoms with Gasteiger partial charge in [-0.1, -0.05) is 32.6 Å². The highest BCUT2D eigenvalue weighted by atomic mass is 16.4. The number of nitrogens with one attached hydrogen (secondary N) is 1. The fourth-order valence-electron chi connectivity index (χ4n) is 2.40. The third kappa shape index (κ3) is 6.29. The molecule has 0 bridgehead atoms.